The highest BCUT2D eigenvalue weighted by Gasteiger charge is 2.37. The standard InChI is InChI=1S/C30H36ClN5O5S/c1-30(2)18-35(19-30)26(37)17-36-27-24(14-25(29(36)39)28(38)33-15-20-4-6-22(31)7-5-20)21(8-11-32-27)9-12-34-13-10-23(16-34)42(3,40)41/h4-8,11,14,23H,9-10,12-13,15-19H2,1-3H3,(H,33,38). The van der Waals surface area contributed by atoms with Crippen LogP contribution in [-0.4, -0.2) is 83.8 Å². The number of carbonyl (C=O) groups excluding carboxylic acids is 2. The predicted molar refractivity (Wildman–Crippen MR) is 162 cm³/mol. The molecule has 1 unspecified atom stereocenters. The van der Waals surface area contributed by atoms with Gasteiger partial charge in [0.15, 0.2) is 9.84 Å². The molecule has 1 N–H and O–H groups in total. The van der Waals surface area contributed by atoms with Crippen molar-refractivity contribution in [2.45, 2.75) is 45.0 Å². The second kappa shape index (κ2) is 11.8. The highest BCUT2D eigenvalue weighted by Crippen LogP contribution is 2.29. The Morgan fingerprint density at radius 1 is 1.14 bits per heavy atom. The van der Waals surface area contributed by atoms with E-state index in [0.29, 0.717) is 61.6 Å². The van der Waals surface area contributed by atoms with E-state index in [-0.39, 0.29) is 35.2 Å². The molecule has 0 spiro atoms. The average Bonchev–Trinajstić information content (AvgIpc) is 3.41. The SMILES string of the molecule is CC1(C)CN(C(=O)Cn2c(=O)c(C(=O)NCc3ccc(Cl)cc3)cc3c(CCN4CCC(S(C)(=O)=O)C4)ccnc32)C1. The van der Waals surface area contributed by atoms with Crippen LogP contribution in [0.15, 0.2) is 47.4 Å². The number of sulfone groups is 1. The van der Waals surface area contributed by atoms with Gasteiger partial charge in [0.2, 0.25) is 5.91 Å². The van der Waals surface area contributed by atoms with Crippen LogP contribution in [-0.2, 0) is 34.1 Å². The van der Waals surface area contributed by atoms with E-state index in [1.54, 1.807) is 41.4 Å². The number of fused-ring (bicyclic) bond motifs is 1. The summed E-state index contributed by atoms with van der Waals surface area (Å²) in [4.78, 5) is 48.5. The molecule has 12 heteroatoms. The van der Waals surface area contributed by atoms with Crippen molar-refractivity contribution in [3.63, 3.8) is 0 Å². The van der Waals surface area contributed by atoms with Crippen LogP contribution < -0.4 is 10.9 Å². The van der Waals surface area contributed by atoms with Crippen molar-refractivity contribution in [1.29, 1.82) is 0 Å². The summed E-state index contributed by atoms with van der Waals surface area (Å²) in [6.07, 6.45) is 4.05. The number of hydrogen-bond donors (Lipinski definition) is 1. The largest absolute Gasteiger partial charge is 0.348 e. The molecule has 5 rings (SSSR count). The summed E-state index contributed by atoms with van der Waals surface area (Å²) >= 11 is 5.97. The molecule has 2 aliphatic rings. The summed E-state index contributed by atoms with van der Waals surface area (Å²) in [6, 6.07) is 10.5. The predicted octanol–water partition coefficient (Wildman–Crippen LogP) is 2.51. The molecule has 0 radical (unpaired) electrons. The second-order valence-electron chi connectivity index (χ2n) is 12.2. The fourth-order valence-corrected chi connectivity index (χ4v) is 6.90. The Labute approximate surface area is 250 Å². The zero-order valence-corrected chi connectivity index (χ0v) is 25.7. The molecule has 0 aliphatic carbocycles. The molecule has 2 amide bonds. The van der Waals surface area contributed by atoms with Gasteiger partial charge in [-0.15, -0.1) is 0 Å². The van der Waals surface area contributed by atoms with Crippen molar-refractivity contribution in [1.82, 2.24) is 24.7 Å². The lowest BCUT2D eigenvalue weighted by Crippen LogP contribution is -2.56. The molecule has 1 aromatic carbocycles. The molecule has 3 aromatic rings. The van der Waals surface area contributed by atoms with Crippen molar-refractivity contribution in [2.24, 2.45) is 5.41 Å². The quantitative estimate of drug-likeness (QED) is 0.394. The van der Waals surface area contributed by atoms with Gasteiger partial charge in [0.1, 0.15) is 17.8 Å². The number of amides is 2. The van der Waals surface area contributed by atoms with E-state index in [2.05, 4.69) is 29.0 Å². The molecule has 2 aliphatic heterocycles. The second-order valence-corrected chi connectivity index (χ2v) is 14.9. The third kappa shape index (κ3) is 6.68. The van der Waals surface area contributed by atoms with Crippen LogP contribution in [0.3, 0.4) is 0 Å². The number of aromatic nitrogens is 2. The smallest absolute Gasteiger partial charge is 0.265 e. The number of halogens is 1. The molecule has 1 atom stereocenters. The number of pyridine rings is 2. The number of nitrogens with zero attached hydrogens (tertiary/aromatic N) is 4. The summed E-state index contributed by atoms with van der Waals surface area (Å²) in [5.41, 5.74) is 1.41. The lowest BCUT2D eigenvalue weighted by Gasteiger charge is -2.45. The first kappa shape index (κ1) is 30.2. The monoisotopic (exact) mass is 613 g/mol. The van der Waals surface area contributed by atoms with Crippen LogP contribution in [0.1, 0.15) is 41.8 Å². The molecule has 0 bridgehead atoms. The maximum Gasteiger partial charge on any atom is 0.265 e. The summed E-state index contributed by atoms with van der Waals surface area (Å²) < 4.78 is 25.3. The van der Waals surface area contributed by atoms with Gasteiger partial charge in [-0.05, 0) is 60.2 Å². The van der Waals surface area contributed by atoms with Gasteiger partial charge in [-0.1, -0.05) is 37.6 Å². The van der Waals surface area contributed by atoms with E-state index in [1.165, 1.54) is 10.8 Å². The Morgan fingerprint density at radius 2 is 1.86 bits per heavy atom. The Balaban J connectivity index is 1.45. The van der Waals surface area contributed by atoms with Gasteiger partial charge in [0, 0.05) is 55.6 Å². The topological polar surface area (TPSA) is 122 Å². The minimum Gasteiger partial charge on any atom is -0.348 e. The Hall–Kier alpha value is -3.28. The van der Waals surface area contributed by atoms with E-state index in [1.807, 2.05) is 6.07 Å². The van der Waals surface area contributed by atoms with Crippen LogP contribution >= 0.6 is 11.6 Å². The van der Waals surface area contributed by atoms with Crippen molar-refractivity contribution in [2.75, 3.05) is 39.0 Å². The molecule has 2 aromatic heterocycles. The van der Waals surface area contributed by atoms with Gasteiger partial charge in [0.05, 0.1) is 5.25 Å². The van der Waals surface area contributed by atoms with Gasteiger partial charge in [0.25, 0.3) is 11.5 Å². The highest BCUT2D eigenvalue weighted by atomic mass is 35.5. The van der Waals surface area contributed by atoms with Gasteiger partial charge < -0.3 is 15.1 Å². The normalized spacial score (nSPS) is 18.7. The van der Waals surface area contributed by atoms with Crippen LogP contribution in [0.25, 0.3) is 11.0 Å². The van der Waals surface area contributed by atoms with E-state index < -0.39 is 21.3 Å². The van der Waals surface area contributed by atoms with Gasteiger partial charge in [-0.3, -0.25) is 19.0 Å². The van der Waals surface area contributed by atoms with E-state index in [0.717, 1.165) is 11.1 Å². The number of hydrogen-bond acceptors (Lipinski definition) is 7. The first-order chi connectivity index (χ1) is 19.8. The fraction of sp³-hybridized carbons (Fsp3) is 0.467. The molecular weight excluding hydrogens is 578 g/mol. The summed E-state index contributed by atoms with van der Waals surface area (Å²) in [6.45, 7) is 7.12. The molecule has 0 saturated carbocycles. The lowest BCUT2D eigenvalue weighted by molar-refractivity contribution is -0.142. The molecule has 2 fully saturated rings. The molecule has 42 heavy (non-hydrogen) atoms. The van der Waals surface area contributed by atoms with Gasteiger partial charge in [-0.2, -0.15) is 0 Å². The zero-order valence-electron chi connectivity index (χ0n) is 24.1. The van der Waals surface area contributed by atoms with Gasteiger partial charge >= 0.3 is 0 Å². The number of carbonyl (C=O) groups is 2. The van der Waals surface area contributed by atoms with Crippen molar-refractivity contribution in [3.05, 3.63) is 74.7 Å². The van der Waals surface area contributed by atoms with Crippen LogP contribution in [0.4, 0.5) is 0 Å². The first-order valence-corrected chi connectivity index (χ1v) is 16.4. The fourth-order valence-electron chi connectivity index (χ4n) is 5.75. The minimum absolute atomic E-state index is 0.0309. The number of likely N-dealkylation sites (tertiary alicyclic amines) is 2. The van der Waals surface area contributed by atoms with Crippen LogP contribution in [0.5, 0.6) is 0 Å². The summed E-state index contributed by atoms with van der Waals surface area (Å²) in [5, 5.41) is 3.64. The lowest BCUT2D eigenvalue weighted by atomic mass is 9.84. The third-order valence-corrected chi connectivity index (χ3v) is 9.95. The van der Waals surface area contributed by atoms with Crippen molar-refractivity contribution >= 4 is 44.3 Å². The highest BCUT2D eigenvalue weighted by molar-refractivity contribution is 7.91. The van der Waals surface area contributed by atoms with Crippen LogP contribution in [0, 0.1) is 5.41 Å². The van der Waals surface area contributed by atoms with E-state index >= 15 is 0 Å². The maximum absolute atomic E-state index is 13.7. The van der Waals surface area contributed by atoms with E-state index in [9.17, 15) is 22.8 Å². The first-order valence-electron chi connectivity index (χ1n) is 14.0. The average molecular weight is 614 g/mol. The van der Waals surface area contributed by atoms with Crippen LogP contribution in [0.2, 0.25) is 5.02 Å². The molecule has 2 saturated heterocycles. The molecule has 4 heterocycles. The molecule has 224 valence electrons. The Morgan fingerprint density at radius 3 is 2.50 bits per heavy atom. The molecular formula is C30H36ClN5O5S. The molecule has 10 nitrogen and oxygen atoms in total. The number of rotatable bonds is 9. The minimum atomic E-state index is -3.11. The summed E-state index contributed by atoms with van der Waals surface area (Å²) in [5.74, 6) is -0.749. The van der Waals surface area contributed by atoms with Gasteiger partial charge in [-0.25, -0.2) is 13.4 Å². The third-order valence-electron chi connectivity index (χ3n) is 8.11. The van der Waals surface area contributed by atoms with Crippen molar-refractivity contribution < 1.29 is 18.0 Å². The van der Waals surface area contributed by atoms with E-state index in [4.69, 9.17) is 11.6 Å². The number of nitrogens with one attached hydrogen (secondary N) is 1. The number of benzene rings is 1. The zero-order chi connectivity index (χ0) is 30.2. The maximum atomic E-state index is 13.7. The Kier molecular flexibility index (Phi) is 8.46. The Bertz CT molecular complexity index is 1680. The van der Waals surface area contributed by atoms with Crippen molar-refractivity contribution in [3.8, 4) is 0 Å². The summed E-state index contributed by atoms with van der Waals surface area (Å²) in [7, 11) is -3.11.